The summed E-state index contributed by atoms with van der Waals surface area (Å²) in [6, 6.07) is 27.0. The number of nitrogens with zero attached hydrogens (tertiary/aromatic N) is 2. The first kappa shape index (κ1) is 28.7. The highest BCUT2D eigenvalue weighted by atomic mass is 35.5. The average molecular weight is 560 g/mol. The Kier molecular flexibility index (Phi) is 10.5. The van der Waals surface area contributed by atoms with Crippen molar-refractivity contribution in [2.75, 3.05) is 45.8 Å². The molecule has 0 unspecified atom stereocenters. The molecule has 2 aliphatic rings. The van der Waals surface area contributed by atoms with Gasteiger partial charge in [-0.3, -0.25) is 4.79 Å². The van der Waals surface area contributed by atoms with Crippen molar-refractivity contribution in [3.63, 3.8) is 0 Å². The summed E-state index contributed by atoms with van der Waals surface area (Å²) in [6.45, 7) is 7.23. The van der Waals surface area contributed by atoms with Crippen LogP contribution in [-0.4, -0.2) is 67.6 Å². The Morgan fingerprint density at radius 3 is 2.12 bits per heavy atom. The van der Waals surface area contributed by atoms with Crippen LogP contribution in [0.15, 0.2) is 78.9 Å². The lowest BCUT2D eigenvalue weighted by atomic mass is 9.90. The molecule has 3 aromatic carbocycles. The van der Waals surface area contributed by atoms with Crippen LogP contribution >= 0.6 is 11.6 Å². The smallest absolute Gasteiger partial charge is 0.251 e. The molecular weight excluding hydrogens is 518 g/mol. The van der Waals surface area contributed by atoms with E-state index in [9.17, 15) is 4.79 Å². The Hall–Kier alpha value is -2.86. The molecule has 0 aliphatic carbocycles. The van der Waals surface area contributed by atoms with Gasteiger partial charge in [-0.05, 0) is 87.5 Å². The van der Waals surface area contributed by atoms with Crippen LogP contribution in [0, 0.1) is 0 Å². The third kappa shape index (κ3) is 8.09. The number of unbranched alkanes of at least 4 members (excludes halogenated alkanes) is 1. The maximum absolute atomic E-state index is 12.6. The van der Waals surface area contributed by atoms with Crippen LogP contribution in [0.3, 0.4) is 0 Å². The number of hydrogen-bond acceptors (Lipinski definition) is 4. The molecule has 2 aliphatic heterocycles. The highest BCUT2D eigenvalue weighted by Gasteiger charge is 2.25. The van der Waals surface area contributed by atoms with E-state index in [4.69, 9.17) is 16.3 Å². The molecule has 212 valence electrons. The fourth-order valence-electron chi connectivity index (χ4n) is 5.93. The Morgan fingerprint density at radius 2 is 1.50 bits per heavy atom. The zero-order valence-corrected chi connectivity index (χ0v) is 24.2. The fraction of sp³-hybridized carbons (Fsp3) is 0.441. The number of hydrogen-bond donors (Lipinski definition) is 1. The van der Waals surface area contributed by atoms with Gasteiger partial charge in [0, 0.05) is 37.7 Å². The monoisotopic (exact) mass is 559 g/mol. The van der Waals surface area contributed by atoms with Crippen LogP contribution in [0.5, 0.6) is 5.75 Å². The minimum absolute atomic E-state index is 0.0747. The van der Waals surface area contributed by atoms with E-state index in [1.165, 1.54) is 37.1 Å². The molecular formula is C34H42ClN3O2. The van der Waals surface area contributed by atoms with E-state index >= 15 is 0 Å². The van der Waals surface area contributed by atoms with Crippen LogP contribution in [0.1, 0.15) is 65.9 Å². The highest BCUT2D eigenvalue weighted by Crippen LogP contribution is 2.30. The molecule has 0 aromatic heterocycles. The number of benzene rings is 3. The van der Waals surface area contributed by atoms with Crippen molar-refractivity contribution in [2.45, 2.75) is 50.5 Å². The minimum Gasteiger partial charge on any atom is -0.489 e. The second kappa shape index (κ2) is 14.7. The van der Waals surface area contributed by atoms with E-state index in [-0.39, 0.29) is 12.0 Å². The zero-order valence-electron chi connectivity index (χ0n) is 23.4. The molecule has 2 saturated heterocycles. The molecule has 0 radical (unpaired) electrons. The van der Waals surface area contributed by atoms with Gasteiger partial charge in [-0.1, -0.05) is 72.3 Å². The standard InChI is InChI=1S/C34H42ClN3O2/c35-32-25-29(34(39)36-19-7-8-20-37-21-9-10-22-37)15-16-33(32)40-30-17-23-38(24-18-30)26-31(27-11-3-1-4-12-27)28-13-5-2-6-14-28/h1-6,11-16,25,30-31H,7-10,17-24,26H2,(H,36,39). The number of nitrogens with one attached hydrogen (secondary N) is 1. The quantitative estimate of drug-likeness (QED) is 0.253. The van der Waals surface area contributed by atoms with Crippen molar-refractivity contribution < 1.29 is 9.53 Å². The van der Waals surface area contributed by atoms with Gasteiger partial charge in [0.25, 0.3) is 5.91 Å². The predicted octanol–water partition coefficient (Wildman–Crippen LogP) is 6.62. The molecule has 0 spiro atoms. The number of ether oxygens (including phenoxy) is 1. The summed E-state index contributed by atoms with van der Waals surface area (Å²) in [6.07, 6.45) is 6.77. The average Bonchev–Trinajstić information content (AvgIpc) is 3.52. The van der Waals surface area contributed by atoms with Crippen molar-refractivity contribution in [3.05, 3.63) is 101 Å². The van der Waals surface area contributed by atoms with E-state index in [1.54, 1.807) is 6.07 Å². The number of halogens is 1. The van der Waals surface area contributed by atoms with Crippen molar-refractivity contribution >= 4 is 17.5 Å². The van der Waals surface area contributed by atoms with Gasteiger partial charge < -0.3 is 19.9 Å². The van der Waals surface area contributed by atoms with Crippen molar-refractivity contribution in [1.29, 1.82) is 0 Å². The summed E-state index contributed by atoms with van der Waals surface area (Å²) in [4.78, 5) is 17.7. The van der Waals surface area contributed by atoms with Crippen LogP contribution in [-0.2, 0) is 0 Å². The molecule has 0 bridgehead atoms. The minimum atomic E-state index is -0.0747. The van der Waals surface area contributed by atoms with E-state index in [2.05, 4.69) is 75.8 Å². The number of carbonyl (C=O) groups is 1. The van der Waals surface area contributed by atoms with Gasteiger partial charge in [-0.25, -0.2) is 0 Å². The first-order valence-electron chi connectivity index (χ1n) is 14.9. The summed E-state index contributed by atoms with van der Waals surface area (Å²) in [5.41, 5.74) is 3.29. The third-order valence-electron chi connectivity index (χ3n) is 8.25. The second-order valence-electron chi connectivity index (χ2n) is 11.1. The lowest BCUT2D eigenvalue weighted by Gasteiger charge is -2.34. The van der Waals surface area contributed by atoms with Crippen LogP contribution < -0.4 is 10.1 Å². The van der Waals surface area contributed by atoms with Gasteiger partial charge in [-0.15, -0.1) is 0 Å². The van der Waals surface area contributed by atoms with Crippen LogP contribution in [0.4, 0.5) is 0 Å². The fourth-order valence-corrected chi connectivity index (χ4v) is 6.15. The number of carbonyl (C=O) groups excluding carboxylic acids is 1. The number of rotatable bonds is 12. The first-order chi connectivity index (χ1) is 19.7. The maximum atomic E-state index is 12.6. The topological polar surface area (TPSA) is 44.8 Å². The lowest BCUT2D eigenvalue weighted by Crippen LogP contribution is -2.40. The second-order valence-corrected chi connectivity index (χ2v) is 11.6. The number of likely N-dealkylation sites (tertiary alicyclic amines) is 2. The molecule has 5 nitrogen and oxygen atoms in total. The molecule has 1 N–H and O–H groups in total. The Bertz CT molecular complexity index is 1150. The van der Waals surface area contributed by atoms with E-state index in [1.807, 2.05) is 12.1 Å². The molecule has 6 heteroatoms. The van der Waals surface area contributed by atoms with Gasteiger partial charge in [0.2, 0.25) is 0 Å². The summed E-state index contributed by atoms with van der Waals surface area (Å²) in [5, 5.41) is 3.53. The molecule has 2 heterocycles. The molecule has 1 amide bonds. The molecule has 40 heavy (non-hydrogen) atoms. The molecule has 0 atom stereocenters. The number of piperidine rings is 1. The van der Waals surface area contributed by atoms with Gasteiger partial charge in [0.1, 0.15) is 11.9 Å². The van der Waals surface area contributed by atoms with Gasteiger partial charge in [0.15, 0.2) is 0 Å². The van der Waals surface area contributed by atoms with E-state index in [0.717, 1.165) is 51.9 Å². The van der Waals surface area contributed by atoms with E-state index in [0.29, 0.717) is 28.8 Å². The lowest BCUT2D eigenvalue weighted by molar-refractivity contribution is 0.0951. The van der Waals surface area contributed by atoms with Crippen LogP contribution in [0.25, 0.3) is 0 Å². The molecule has 0 saturated carbocycles. The predicted molar refractivity (Wildman–Crippen MR) is 164 cm³/mol. The van der Waals surface area contributed by atoms with Gasteiger partial charge >= 0.3 is 0 Å². The molecule has 3 aromatic rings. The van der Waals surface area contributed by atoms with Gasteiger partial charge in [-0.2, -0.15) is 0 Å². The summed E-state index contributed by atoms with van der Waals surface area (Å²) >= 11 is 6.56. The Morgan fingerprint density at radius 1 is 0.850 bits per heavy atom. The maximum Gasteiger partial charge on any atom is 0.251 e. The first-order valence-corrected chi connectivity index (χ1v) is 15.3. The van der Waals surface area contributed by atoms with Crippen molar-refractivity contribution in [1.82, 2.24) is 15.1 Å². The Labute approximate surface area is 244 Å². The molecule has 2 fully saturated rings. The zero-order chi connectivity index (χ0) is 27.6. The third-order valence-corrected chi connectivity index (χ3v) is 8.55. The number of amides is 1. The van der Waals surface area contributed by atoms with Crippen LogP contribution in [0.2, 0.25) is 5.02 Å². The normalized spacial score (nSPS) is 16.9. The summed E-state index contributed by atoms with van der Waals surface area (Å²) in [7, 11) is 0. The van der Waals surface area contributed by atoms with E-state index < -0.39 is 0 Å². The highest BCUT2D eigenvalue weighted by molar-refractivity contribution is 6.32. The van der Waals surface area contributed by atoms with Crippen molar-refractivity contribution in [3.8, 4) is 5.75 Å². The van der Waals surface area contributed by atoms with Crippen molar-refractivity contribution in [2.24, 2.45) is 0 Å². The van der Waals surface area contributed by atoms with Gasteiger partial charge in [0.05, 0.1) is 5.02 Å². The SMILES string of the molecule is O=C(NCCCCN1CCCC1)c1ccc(OC2CCN(CC(c3ccccc3)c3ccccc3)CC2)c(Cl)c1. The Balaban J connectivity index is 1.07. The largest absolute Gasteiger partial charge is 0.489 e. The summed E-state index contributed by atoms with van der Waals surface area (Å²) < 4.78 is 6.31. The molecule has 5 rings (SSSR count). The summed E-state index contributed by atoms with van der Waals surface area (Å²) in [5.74, 6) is 0.932.